The highest BCUT2D eigenvalue weighted by atomic mass is 16.5. The largest absolute Gasteiger partial charge is 0.497 e. The number of ether oxygens (including phenoxy) is 2. The molecule has 0 radical (unpaired) electrons. The number of rotatable bonds is 9. The van der Waals surface area contributed by atoms with Crippen molar-refractivity contribution in [1.29, 1.82) is 0 Å². The lowest BCUT2D eigenvalue weighted by molar-refractivity contribution is 0.155. The Balaban J connectivity index is 1.50. The van der Waals surface area contributed by atoms with E-state index in [0.717, 1.165) is 46.7 Å². The summed E-state index contributed by atoms with van der Waals surface area (Å²) in [7, 11) is 3.75. The zero-order valence-corrected chi connectivity index (χ0v) is 20.7. The van der Waals surface area contributed by atoms with Crippen LogP contribution in [0.15, 0.2) is 95.7 Å². The summed E-state index contributed by atoms with van der Waals surface area (Å²) in [6, 6.07) is 28.4. The van der Waals surface area contributed by atoms with Gasteiger partial charge in [0.15, 0.2) is 0 Å². The van der Waals surface area contributed by atoms with E-state index in [1.54, 1.807) is 7.11 Å². The highest BCUT2D eigenvalue weighted by molar-refractivity contribution is 6.03. The number of likely N-dealkylation sites (N-methyl/N-ethyl adjacent to an activating group) is 1. The fraction of sp³-hybridized carbons (Fsp3) is 0.200. The summed E-state index contributed by atoms with van der Waals surface area (Å²) >= 11 is 0. The highest BCUT2D eigenvalue weighted by Gasteiger charge is 2.24. The highest BCUT2D eigenvalue weighted by Crippen LogP contribution is 2.43. The Morgan fingerprint density at radius 3 is 2.25 bits per heavy atom. The van der Waals surface area contributed by atoms with Crippen LogP contribution in [0.4, 0.5) is 0 Å². The fourth-order valence-corrected chi connectivity index (χ4v) is 4.45. The van der Waals surface area contributed by atoms with Crippen molar-refractivity contribution in [3.63, 3.8) is 0 Å². The van der Waals surface area contributed by atoms with Crippen LogP contribution in [0.5, 0.6) is 11.6 Å². The zero-order valence-electron chi connectivity index (χ0n) is 20.7. The maximum atomic E-state index is 6.41. The van der Waals surface area contributed by atoms with E-state index in [1.807, 2.05) is 60.7 Å². The van der Waals surface area contributed by atoms with Crippen LogP contribution in [0.2, 0.25) is 0 Å². The van der Waals surface area contributed by atoms with E-state index in [1.165, 1.54) is 11.9 Å². The van der Waals surface area contributed by atoms with Crippen molar-refractivity contribution in [2.45, 2.75) is 19.6 Å². The molecule has 0 amide bonds. The smallest absolute Gasteiger partial charge is 0.234 e. The summed E-state index contributed by atoms with van der Waals surface area (Å²) < 4.78 is 18.1. The third-order valence-electron chi connectivity index (χ3n) is 6.05. The SMILES string of the molecule is COc1ccc(-c2c(-c3ccccc3)oc3ncnc(OC(C)CN(C)Cc4ccccc4)c23)cc1. The number of hydrogen-bond donors (Lipinski definition) is 0. The van der Waals surface area contributed by atoms with Gasteiger partial charge in [-0.25, -0.2) is 9.97 Å². The van der Waals surface area contributed by atoms with Crippen LogP contribution in [-0.2, 0) is 6.54 Å². The minimum Gasteiger partial charge on any atom is -0.497 e. The molecule has 2 aromatic heterocycles. The molecule has 5 aromatic rings. The first kappa shape index (κ1) is 23.6. The first-order chi connectivity index (χ1) is 17.6. The molecule has 2 heterocycles. The van der Waals surface area contributed by atoms with E-state index in [0.29, 0.717) is 11.6 Å². The molecule has 36 heavy (non-hydrogen) atoms. The molecule has 0 saturated heterocycles. The van der Waals surface area contributed by atoms with E-state index in [2.05, 4.69) is 53.1 Å². The molecule has 6 heteroatoms. The van der Waals surface area contributed by atoms with Gasteiger partial charge in [0, 0.05) is 24.2 Å². The number of hydrogen-bond acceptors (Lipinski definition) is 6. The van der Waals surface area contributed by atoms with Crippen molar-refractivity contribution in [3.05, 3.63) is 96.8 Å². The Labute approximate surface area is 211 Å². The van der Waals surface area contributed by atoms with Gasteiger partial charge in [0.2, 0.25) is 11.6 Å². The number of furan rings is 1. The first-order valence-corrected chi connectivity index (χ1v) is 12.0. The molecule has 182 valence electrons. The molecule has 5 rings (SSSR count). The Morgan fingerprint density at radius 1 is 0.861 bits per heavy atom. The van der Waals surface area contributed by atoms with Crippen LogP contribution in [-0.4, -0.2) is 41.7 Å². The summed E-state index contributed by atoms with van der Waals surface area (Å²) in [5.41, 5.74) is 4.60. The zero-order chi connectivity index (χ0) is 24.9. The second-order valence-electron chi connectivity index (χ2n) is 8.87. The Bertz CT molecular complexity index is 1420. The standard InChI is InChI=1S/C30H29N3O3/c1-21(18-33(2)19-22-10-6-4-7-11-22)35-29-27-26(23-14-16-25(34-3)17-15-23)28(24-12-8-5-9-13-24)36-30(27)32-20-31-29/h4-17,20-21H,18-19H2,1-3H3. The monoisotopic (exact) mass is 479 g/mol. The molecule has 0 aliphatic carbocycles. The van der Waals surface area contributed by atoms with Gasteiger partial charge in [-0.2, -0.15) is 0 Å². The molecule has 1 atom stereocenters. The van der Waals surface area contributed by atoms with Crippen molar-refractivity contribution >= 4 is 11.1 Å². The summed E-state index contributed by atoms with van der Waals surface area (Å²) in [6.07, 6.45) is 1.39. The molecule has 6 nitrogen and oxygen atoms in total. The number of nitrogens with zero attached hydrogens (tertiary/aromatic N) is 3. The quantitative estimate of drug-likeness (QED) is 0.242. The van der Waals surface area contributed by atoms with Crippen molar-refractivity contribution in [1.82, 2.24) is 14.9 Å². The van der Waals surface area contributed by atoms with E-state index < -0.39 is 0 Å². The lowest BCUT2D eigenvalue weighted by Gasteiger charge is -2.22. The van der Waals surface area contributed by atoms with Crippen LogP contribution in [0, 0.1) is 0 Å². The number of benzene rings is 3. The van der Waals surface area contributed by atoms with E-state index >= 15 is 0 Å². The molecule has 0 N–H and O–H groups in total. The molecular weight excluding hydrogens is 450 g/mol. The molecule has 0 aliphatic heterocycles. The van der Waals surface area contributed by atoms with E-state index in [4.69, 9.17) is 13.9 Å². The molecule has 1 unspecified atom stereocenters. The van der Waals surface area contributed by atoms with Gasteiger partial charge in [-0.05, 0) is 37.2 Å². The van der Waals surface area contributed by atoms with Gasteiger partial charge < -0.3 is 13.9 Å². The average Bonchev–Trinajstić information content (AvgIpc) is 3.30. The molecule has 3 aromatic carbocycles. The van der Waals surface area contributed by atoms with Gasteiger partial charge in [0.25, 0.3) is 0 Å². The molecule has 0 aliphatic rings. The van der Waals surface area contributed by atoms with Crippen molar-refractivity contribution in [2.24, 2.45) is 0 Å². The van der Waals surface area contributed by atoms with E-state index in [-0.39, 0.29) is 6.10 Å². The van der Waals surface area contributed by atoms with Gasteiger partial charge in [-0.15, -0.1) is 0 Å². The number of methoxy groups -OCH3 is 1. The second-order valence-corrected chi connectivity index (χ2v) is 8.87. The average molecular weight is 480 g/mol. The van der Waals surface area contributed by atoms with Gasteiger partial charge in [-0.1, -0.05) is 72.8 Å². The maximum absolute atomic E-state index is 6.41. The Kier molecular flexibility index (Phi) is 6.96. The molecule has 0 saturated carbocycles. The topological polar surface area (TPSA) is 60.6 Å². The van der Waals surface area contributed by atoms with Crippen LogP contribution in [0.1, 0.15) is 12.5 Å². The Hall–Kier alpha value is -4.16. The second kappa shape index (κ2) is 10.6. The van der Waals surface area contributed by atoms with Gasteiger partial charge >= 0.3 is 0 Å². The predicted octanol–water partition coefficient (Wildman–Crippen LogP) is 6.46. The molecular formula is C30H29N3O3. The summed E-state index contributed by atoms with van der Waals surface area (Å²) in [4.78, 5) is 11.2. The third kappa shape index (κ3) is 5.09. The first-order valence-electron chi connectivity index (χ1n) is 12.0. The summed E-state index contributed by atoms with van der Waals surface area (Å²) in [5, 5.41) is 0.763. The normalized spacial score (nSPS) is 12.1. The van der Waals surface area contributed by atoms with Crippen molar-refractivity contribution in [3.8, 4) is 34.1 Å². The van der Waals surface area contributed by atoms with Gasteiger partial charge in [0.05, 0.1) is 7.11 Å². The van der Waals surface area contributed by atoms with Crippen LogP contribution in [0.25, 0.3) is 33.6 Å². The molecule has 0 fully saturated rings. The molecule has 0 bridgehead atoms. The summed E-state index contributed by atoms with van der Waals surface area (Å²) in [6.45, 7) is 3.64. The van der Waals surface area contributed by atoms with Crippen LogP contribution >= 0.6 is 0 Å². The maximum Gasteiger partial charge on any atom is 0.234 e. The van der Waals surface area contributed by atoms with Crippen LogP contribution in [0.3, 0.4) is 0 Å². The van der Waals surface area contributed by atoms with Gasteiger partial charge in [0.1, 0.15) is 29.3 Å². The fourth-order valence-electron chi connectivity index (χ4n) is 4.45. The van der Waals surface area contributed by atoms with Crippen LogP contribution < -0.4 is 9.47 Å². The minimum absolute atomic E-state index is 0.101. The number of aromatic nitrogens is 2. The molecule has 0 spiro atoms. The van der Waals surface area contributed by atoms with Crippen molar-refractivity contribution < 1.29 is 13.9 Å². The Morgan fingerprint density at radius 2 is 1.56 bits per heavy atom. The number of fused-ring (bicyclic) bond motifs is 1. The van der Waals surface area contributed by atoms with E-state index in [9.17, 15) is 0 Å². The third-order valence-corrected chi connectivity index (χ3v) is 6.05. The lowest BCUT2D eigenvalue weighted by atomic mass is 9.99. The lowest BCUT2D eigenvalue weighted by Crippen LogP contribution is -2.30. The predicted molar refractivity (Wildman–Crippen MR) is 142 cm³/mol. The van der Waals surface area contributed by atoms with Gasteiger partial charge in [-0.3, -0.25) is 4.90 Å². The minimum atomic E-state index is -0.101. The summed E-state index contributed by atoms with van der Waals surface area (Å²) in [5.74, 6) is 2.03. The van der Waals surface area contributed by atoms with Crippen molar-refractivity contribution in [2.75, 3.05) is 20.7 Å².